The van der Waals surface area contributed by atoms with E-state index in [4.69, 9.17) is 4.52 Å². The first kappa shape index (κ1) is 15.5. The van der Waals surface area contributed by atoms with E-state index in [1.807, 2.05) is 20.8 Å². The van der Waals surface area contributed by atoms with Gasteiger partial charge in [-0.15, -0.1) is 0 Å². The van der Waals surface area contributed by atoms with E-state index >= 15 is 0 Å². The van der Waals surface area contributed by atoms with Crippen molar-refractivity contribution in [3.05, 3.63) is 11.5 Å². The number of aliphatic hydroxyl groups is 1. The number of carbonyl (C=O) groups excluding carboxylic acids is 1. The number of hydrogen-bond acceptors (Lipinski definition) is 4. The van der Waals surface area contributed by atoms with Crippen molar-refractivity contribution in [2.45, 2.75) is 46.6 Å². The lowest BCUT2D eigenvalue weighted by atomic mass is 10.1. The molecule has 108 valence electrons. The van der Waals surface area contributed by atoms with Crippen LogP contribution in [0.4, 0.5) is 10.5 Å². The lowest BCUT2D eigenvalue weighted by Gasteiger charge is -2.14. The highest BCUT2D eigenvalue weighted by molar-refractivity contribution is 5.90. The number of rotatable bonds is 6. The molecule has 1 heterocycles. The number of aliphatic hydroxyl groups excluding tert-OH is 1. The molecule has 0 spiro atoms. The van der Waals surface area contributed by atoms with Crippen molar-refractivity contribution in [1.82, 2.24) is 10.5 Å². The van der Waals surface area contributed by atoms with Crippen molar-refractivity contribution in [2.24, 2.45) is 5.92 Å². The maximum atomic E-state index is 11.7. The minimum Gasteiger partial charge on any atom is -0.391 e. The van der Waals surface area contributed by atoms with Crippen LogP contribution in [0.2, 0.25) is 0 Å². The predicted octanol–water partition coefficient (Wildman–Crippen LogP) is 2.07. The van der Waals surface area contributed by atoms with Gasteiger partial charge in [0.1, 0.15) is 11.4 Å². The fourth-order valence-electron chi connectivity index (χ4n) is 1.81. The van der Waals surface area contributed by atoms with Gasteiger partial charge in [0.05, 0.1) is 6.10 Å². The van der Waals surface area contributed by atoms with Crippen LogP contribution < -0.4 is 10.6 Å². The summed E-state index contributed by atoms with van der Waals surface area (Å²) in [5, 5.41) is 18.8. The minimum atomic E-state index is -0.528. The third-order valence-electron chi connectivity index (χ3n) is 2.73. The molecule has 19 heavy (non-hydrogen) atoms. The standard InChI is InChI=1S/C13H23N3O3/c1-5-11-12(9(4)16-19-11)15-13(18)14-7-10(17)6-8(2)3/h8,10,17H,5-7H2,1-4H3,(H2,14,15,18). The topological polar surface area (TPSA) is 87.4 Å². The van der Waals surface area contributed by atoms with Gasteiger partial charge in [0, 0.05) is 13.0 Å². The highest BCUT2D eigenvalue weighted by Crippen LogP contribution is 2.20. The molecule has 6 nitrogen and oxygen atoms in total. The molecule has 0 saturated carbocycles. The number of nitrogens with zero attached hydrogens (tertiary/aromatic N) is 1. The van der Waals surface area contributed by atoms with E-state index in [0.717, 1.165) is 0 Å². The zero-order valence-electron chi connectivity index (χ0n) is 12.0. The molecule has 0 saturated heterocycles. The number of carbonyl (C=O) groups is 1. The third-order valence-corrected chi connectivity index (χ3v) is 2.73. The third kappa shape index (κ3) is 4.90. The Morgan fingerprint density at radius 2 is 2.16 bits per heavy atom. The van der Waals surface area contributed by atoms with E-state index in [0.29, 0.717) is 35.9 Å². The number of anilines is 1. The Morgan fingerprint density at radius 3 is 2.74 bits per heavy atom. The highest BCUT2D eigenvalue weighted by atomic mass is 16.5. The van der Waals surface area contributed by atoms with Gasteiger partial charge >= 0.3 is 6.03 Å². The molecule has 1 rings (SSSR count). The smallest absolute Gasteiger partial charge is 0.319 e. The Bertz CT molecular complexity index is 415. The molecule has 3 N–H and O–H groups in total. The van der Waals surface area contributed by atoms with E-state index < -0.39 is 6.10 Å². The number of hydrogen-bond donors (Lipinski definition) is 3. The number of urea groups is 1. The molecule has 0 aliphatic rings. The highest BCUT2D eigenvalue weighted by Gasteiger charge is 2.15. The number of aryl methyl sites for hydroxylation is 2. The molecule has 0 aliphatic heterocycles. The second-order valence-corrected chi connectivity index (χ2v) is 5.04. The second kappa shape index (κ2) is 7.13. The van der Waals surface area contributed by atoms with Crippen molar-refractivity contribution in [1.29, 1.82) is 0 Å². The average Bonchev–Trinajstić information content (AvgIpc) is 2.67. The molecule has 0 fully saturated rings. The molecule has 1 aromatic rings. The Balaban J connectivity index is 2.45. The quantitative estimate of drug-likeness (QED) is 0.737. The van der Waals surface area contributed by atoms with Crippen molar-refractivity contribution >= 4 is 11.7 Å². The molecule has 0 aromatic carbocycles. The average molecular weight is 269 g/mol. The summed E-state index contributed by atoms with van der Waals surface area (Å²) in [6.07, 6.45) is 0.791. The summed E-state index contributed by atoms with van der Waals surface area (Å²) in [6.45, 7) is 7.98. The molecule has 0 bridgehead atoms. The van der Waals surface area contributed by atoms with E-state index in [1.165, 1.54) is 0 Å². The lowest BCUT2D eigenvalue weighted by Crippen LogP contribution is -2.36. The maximum absolute atomic E-state index is 11.7. The number of nitrogens with one attached hydrogen (secondary N) is 2. The Kier molecular flexibility index (Phi) is 5.82. The first-order chi connectivity index (χ1) is 8.93. The largest absolute Gasteiger partial charge is 0.391 e. The Labute approximate surface area is 113 Å². The molecular weight excluding hydrogens is 246 g/mol. The SMILES string of the molecule is CCc1onc(C)c1NC(=O)NCC(O)CC(C)C. The summed E-state index contributed by atoms with van der Waals surface area (Å²) in [6, 6.07) is -0.358. The minimum absolute atomic E-state index is 0.232. The summed E-state index contributed by atoms with van der Waals surface area (Å²) in [5.41, 5.74) is 1.26. The van der Waals surface area contributed by atoms with Gasteiger partial charge in [-0.3, -0.25) is 0 Å². The van der Waals surface area contributed by atoms with E-state index in [9.17, 15) is 9.90 Å². The summed E-state index contributed by atoms with van der Waals surface area (Å²) in [4.78, 5) is 11.7. The van der Waals surface area contributed by atoms with Crippen LogP contribution in [0.5, 0.6) is 0 Å². The van der Waals surface area contributed by atoms with Gasteiger partial charge < -0.3 is 20.3 Å². The number of amides is 2. The van der Waals surface area contributed by atoms with Crippen LogP contribution in [0.1, 0.15) is 38.6 Å². The number of aromatic nitrogens is 1. The van der Waals surface area contributed by atoms with Crippen LogP contribution in [-0.2, 0) is 6.42 Å². The van der Waals surface area contributed by atoms with E-state index in [2.05, 4.69) is 15.8 Å². The molecule has 1 aromatic heterocycles. The van der Waals surface area contributed by atoms with Crippen molar-refractivity contribution in [3.63, 3.8) is 0 Å². The zero-order valence-corrected chi connectivity index (χ0v) is 12.0. The Hall–Kier alpha value is -1.56. The second-order valence-electron chi connectivity index (χ2n) is 5.04. The van der Waals surface area contributed by atoms with Gasteiger partial charge in [-0.1, -0.05) is 25.9 Å². The summed E-state index contributed by atoms with van der Waals surface area (Å²) >= 11 is 0. The monoisotopic (exact) mass is 269 g/mol. The summed E-state index contributed by atoms with van der Waals surface area (Å²) in [5.74, 6) is 1.04. The van der Waals surface area contributed by atoms with Crippen LogP contribution in [0.3, 0.4) is 0 Å². The van der Waals surface area contributed by atoms with Crippen LogP contribution >= 0.6 is 0 Å². The predicted molar refractivity (Wildman–Crippen MR) is 73.1 cm³/mol. The lowest BCUT2D eigenvalue weighted by molar-refractivity contribution is 0.148. The molecule has 2 amide bonds. The van der Waals surface area contributed by atoms with Gasteiger partial charge in [0.2, 0.25) is 0 Å². The van der Waals surface area contributed by atoms with Gasteiger partial charge in [0.15, 0.2) is 5.76 Å². The molecule has 0 aliphatic carbocycles. The van der Waals surface area contributed by atoms with Gasteiger partial charge in [0.25, 0.3) is 0 Å². The van der Waals surface area contributed by atoms with Crippen LogP contribution in [0, 0.1) is 12.8 Å². The molecule has 1 unspecified atom stereocenters. The first-order valence-electron chi connectivity index (χ1n) is 6.62. The fraction of sp³-hybridized carbons (Fsp3) is 0.692. The molecule has 0 radical (unpaired) electrons. The van der Waals surface area contributed by atoms with Crippen molar-refractivity contribution < 1.29 is 14.4 Å². The summed E-state index contributed by atoms with van der Waals surface area (Å²) < 4.78 is 5.08. The first-order valence-corrected chi connectivity index (χ1v) is 6.62. The van der Waals surface area contributed by atoms with Gasteiger partial charge in [-0.05, 0) is 19.3 Å². The maximum Gasteiger partial charge on any atom is 0.319 e. The summed E-state index contributed by atoms with van der Waals surface area (Å²) in [7, 11) is 0. The van der Waals surface area contributed by atoms with E-state index in [1.54, 1.807) is 6.92 Å². The fourth-order valence-corrected chi connectivity index (χ4v) is 1.81. The Morgan fingerprint density at radius 1 is 1.47 bits per heavy atom. The van der Waals surface area contributed by atoms with Crippen LogP contribution in [0.25, 0.3) is 0 Å². The normalized spacial score (nSPS) is 12.5. The van der Waals surface area contributed by atoms with Crippen LogP contribution in [0.15, 0.2) is 4.52 Å². The van der Waals surface area contributed by atoms with Crippen LogP contribution in [-0.4, -0.2) is 28.9 Å². The molecular formula is C13H23N3O3. The molecule has 6 heteroatoms. The van der Waals surface area contributed by atoms with E-state index in [-0.39, 0.29) is 12.6 Å². The van der Waals surface area contributed by atoms with Gasteiger partial charge in [-0.25, -0.2) is 4.79 Å². The van der Waals surface area contributed by atoms with Gasteiger partial charge in [-0.2, -0.15) is 0 Å². The van der Waals surface area contributed by atoms with Crippen molar-refractivity contribution in [3.8, 4) is 0 Å². The zero-order chi connectivity index (χ0) is 14.4. The van der Waals surface area contributed by atoms with Crippen molar-refractivity contribution in [2.75, 3.05) is 11.9 Å². The molecule has 1 atom stereocenters.